The molecule has 0 amide bonds. The van der Waals surface area contributed by atoms with Gasteiger partial charge in [0, 0.05) is 16.6 Å². The van der Waals surface area contributed by atoms with Crippen molar-refractivity contribution in [2.24, 2.45) is 11.8 Å². The lowest BCUT2D eigenvalue weighted by molar-refractivity contribution is 0.0702. The van der Waals surface area contributed by atoms with Crippen molar-refractivity contribution in [3.05, 3.63) is 28.1 Å². The number of carboxylic acid groups (broad SMARTS) is 1. The number of hydrogen-bond donors (Lipinski definition) is 2. The molecular weight excluding hydrogens is 382 g/mol. The highest BCUT2D eigenvalue weighted by atomic mass is 32.1. The first-order chi connectivity index (χ1) is 13.6. The van der Waals surface area contributed by atoms with E-state index in [2.05, 4.69) is 45.2 Å². The summed E-state index contributed by atoms with van der Waals surface area (Å²) in [6.07, 6.45) is 7.75. The van der Waals surface area contributed by atoms with Crippen LogP contribution >= 0.6 is 11.3 Å². The van der Waals surface area contributed by atoms with E-state index in [1.165, 1.54) is 24.2 Å². The molecule has 0 aromatic carbocycles. The summed E-state index contributed by atoms with van der Waals surface area (Å²) >= 11 is 1.40. The smallest absolute Gasteiger partial charge is 0.348 e. The molecule has 0 atom stereocenters. The van der Waals surface area contributed by atoms with Crippen LogP contribution in [0.2, 0.25) is 0 Å². The second kappa shape index (κ2) is 8.81. The maximum absolute atomic E-state index is 12.2. The predicted molar refractivity (Wildman–Crippen MR) is 121 cm³/mol. The number of nitrogens with zero attached hydrogens (tertiary/aromatic N) is 1. The van der Waals surface area contributed by atoms with E-state index >= 15 is 0 Å². The molecule has 162 valence electrons. The zero-order chi connectivity index (χ0) is 21.3. The summed E-state index contributed by atoms with van der Waals surface area (Å²) in [5.41, 5.74) is 1.81. The lowest BCUT2D eigenvalue weighted by Crippen LogP contribution is -2.41. The Hall–Kier alpha value is -1.33. The number of allylic oxidation sites excluding steroid dienone is 1. The normalized spacial score (nSPS) is 28.2. The molecule has 0 unspecified atom stereocenters. The third kappa shape index (κ3) is 5.05. The molecule has 0 saturated heterocycles. The molecule has 1 heterocycles. The van der Waals surface area contributed by atoms with E-state index in [0.717, 1.165) is 60.7 Å². The van der Waals surface area contributed by atoms with Crippen LogP contribution in [-0.4, -0.2) is 28.3 Å². The molecule has 3 rings (SSSR count). The number of aliphatic hydroxyl groups is 1. The van der Waals surface area contributed by atoms with Crippen LogP contribution in [0.4, 0.5) is 5.69 Å². The van der Waals surface area contributed by atoms with Gasteiger partial charge in [-0.25, -0.2) is 4.79 Å². The molecule has 29 heavy (non-hydrogen) atoms. The summed E-state index contributed by atoms with van der Waals surface area (Å²) in [4.78, 5) is 15.9. The monoisotopic (exact) mass is 419 g/mol. The Balaban J connectivity index is 2.00. The summed E-state index contributed by atoms with van der Waals surface area (Å²) in [6, 6.07) is 2.31. The van der Waals surface area contributed by atoms with Crippen LogP contribution in [0, 0.1) is 11.8 Å². The van der Waals surface area contributed by atoms with Crippen molar-refractivity contribution < 1.29 is 15.0 Å². The molecular formula is C24H37NO3S. The van der Waals surface area contributed by atoms with Gasteiger partial charge in [0.25, 0.3) is 0 Å². The number of thiophene rings is 1. The molecule has 0 spiro atoms. The highest BCUT2D eigenvalue weighted by Crippen LogP contribution is 2.44. The Kier molecular flexibility index (Phi) is 6.79. The van der Waals surface area contributed by atoms with Crippen LogP contribution in [0.25, 0.3) is 0 Å². The van der Waals surface area contributed by atoms with Crippen LogP contribution in [0.1, 0.15) is 93.6 Å². The third-order valence-electron chi connectivity index (χ3n) is 6.73. The van der Waals surface area contributed by atoms with Crippen molar-refractivity contribution in [1.29, 1.82) is 0 Å². The fraction of sp³-hybridized carbons (Fsp3) is 0.708. The molecule has 0 aliphatic heterocycles. The highest BCUT2D eigenvalue weighted by molar-refractivity contribution is 7.14. The van der Waals surface area contributed by atoms with E-state index in [1.54, 1.807) is 0 Å². The van der Waals surface area contributed by atoms with Crippen molar-refractivity contribution in [2.75, 3.05) is 4.90 Å². The van der Waals surface area contributed by atoms with Crippen LogP contribution < -0.4 is 4.90 Å². The van der Waals surface area contributed by atoms with Crippen LogP contribution in [0.3, 0.4) is 0 Å². The average molecular weight is 420 g/mol. The Morgan fingerprint density at radius 2 is 1.69 bits per heavy atom. The first-order valence-electron chi connectivity index (χ1n) is 11.1. The number of rotatable bonds is 5. The number of carbonyl (C=O) groups is 1. The molecule has 1 aromatic rings. The highest BCUT2D eigenvalue weighted by Gasteiger charge is 2.35. The minimum absolute atomic E-state index is 0.0941. The molecule has 2 aliphatic rings. The van der Waals surface area contributed by atoms with E-state index < -0.39 is 5.97 Å². The average Bonchev–Trinajstić information content (AvgIpc) is 3.10. The van der Waals surface area contributed by atoms with Gasteiger partial charge in [0.15, 0.2) is 0 Å². The SMILES string of the molecule is C=C([C@H]1CC[C@H](C)CC1)N(c1cc(C(C)(C)C)sc1C(=O)O)C1CCC(O)CC1. The Labute approximate surface area is 179 Å². The summed E-state index contributed by atoms with van der Waals surface area (Å²) < 4.78 is 0. The number of hydrogen-bond acceptors (Lipinski definition) is 4. The van der Waals surface area contributed by atoms with Crippen molar-refractivity contribution in [3.63, 3.8) is 0 Å². The summed E-state index contributed by atoms with van der Waals surface area (Å²) in [7, 11) is 0. The Bertz CT molecular complexity index is 732. The topological polar surface area (TPSA) is 60.8 Å². The fourth-order valence-electron chi connectivity index (χ4n) is 4.78. The maximum atomic E-state index is 12.2. The minimum Gasteiger partial charge on any atom is -0.477 e. The second-order valence-electron chi connectivity index (χ2n) is 10.2. The summed E-state index contributed by atoms with van der Waals surface area (Å²) in [6.45, 7) is 13.2. The van der Waals surface area contributed by atoms with E-state index in [4.69, 9.17) is 0 Å². The fourth-order valence-corrected chi connectivity index (χ4v) is 5.82. The van der Waals surface area contributed by atoms with Gasteiger partial charge in [-0.05, 0) is 61.8 Å². The van der Waals surface area contributed by atoms with Crippen molar-refractivity contribution >= 4 is 23.0 Å². The van der Waals surface area contributed by atoms with E-state index in [-0.39, 0.29) is 17.6 Å². The number of carboxylic acids is 1. The van der Waals surface area contributed by atoms with Gasteiger partial charge in [0.1, 0.15) is 4.88 Å². The third-order valence-corrected chi connectivity index (χ3v) is 8.27. The van der Waals surface area contributed by atoms with Gasteiger partial charge in [0.05, 0.1) is 11.8 Å². The Morgan fingerprint density at radius 1 is 1.10 bits per heavy atom. The van der Waals surface area contributed by atoms with Crippen LogP contribution in [0.15, 0.2) is 18.3 Å². The van der Waals surface area contributed by atoms with E-state index in [0.29, 0.717) is 10.8 Å². The minimum atomic E-state index is -0.855. The molecule has 0 radical (unpaired) electrons. The lowest BCUT2D eigenvalue weighted by Gasteiger charge is -2.42. The van der Waals surface area contributed by atoms with E-state index in [9.17, 15) is 15.0 Å². The molecule has 2 N–H and O–H groups in total. The quantitative estimate of drug-likeness (QED) is 0.597. The maximum Gasteiger partial charge on any atom is 0.348 e. The van der Waals surface area contributed by atoms with Gasteiger partial charge in [-0.2, -0.15) is 0 Å². The van der Waals surface area contributed by atoms with Gasteiger partial charge in [-0.15, -0.1) is 11.3 Å². The molecule has 0 bridgehead atoms. The van der Waals surface area contributed by atoms with Gasteiger partial charge in [0.2, 0.25) is 0 Å². The summed E-state index contributed by atoms with van der Waals surface area (Å²) in [5.74, 6) is 0.324. The van der Waals surface area contributed by atoms with Crippen molar-refractivity contribution in [1.82, 2.24) is 0 Å². The lowest BCUT2D eigenvalue weighted by atomic mass is 9.80. The zero-order valence-corrected chi connectivity index (χ0v) is 19.2. The number of anilines is 1. The molecule has 5 heteroatoms. The first kappa shape index (κ1) is 22.4. The largest absolute Gasteiger partial charge is 0.477 e. The summed E-state index contributed by atoms with van der Waals surface area (Å²) in [5, 5.41) is 20.0. The molecule has 2 fully saturated rings. The standard InChI is InChI=1S/C24H37NO3S/c1-15-6-8-17(9-7-15)16(2)25(18-10-12-19(26)13-11-18)20-14-21(24(3,4)5)29-22(20)23(27)28/h14-15,17-19,26H,2,6-13H2,1,3-5H3,(H,27,28)/t15-,17-,18?,19?. The Morgan fingerprint density at radius 3 is 2.21 bits per heavy atom. The molecule has 1 aromatic heterocycles. The van der Waals surface area contributed by atoms with Crippen LogP contribution in [-0.2, 0) is 5.41 Å². The van der Waals surface area contributed by atoms with Gasteiger partial charge >= 0.3 is 5.97 Å². The van der Waals surface area contributed by atoms with Gasteiger partial charge < -0.3 is 15.1 Å². The van der Waals surface area contributed by atoms with E-state index in [1.807, 2.05) is 0 Å². The second-order valence-corrected chi connectivity index (χ2v) is 11.2. The van der Waals surface area contributed by atoms with Crippen molar-refractivity contribution in [3.8, 4) is 0 Å². The van der Waals surface area contributed by atoms with Crippen molar-refractivity contribution in [2.45, 2.75) is 96.6 Å². The number of aliphatic hydroxyl groups excluding tert-OH is 1. The molecule has 2 aliphatic carbocycles. The molecule has 2 saturated carbocycles. The predicted octanol–water partition coefficient (Wildman–Crippen LogP) is 6.19. The van der Waals surface area contributed by atoms with Gasteiger partial charge in [-0.1, -0.05) is 47.1 Å². The molecule has 4 nitrogen and oxygen atoms in total. The zero-order valence-electron chi connectivity index (χ0n) is 18.4. The number of aromatic carboxylic acids is 1. The van der Waals surface area contributed by atoms with Crippen LogP contribution in [0.5, 0.6) is 0 Å². The first-order valence-corrected chi connectivity index (χ1v) is 11.9. The van der Waals surface area contributed by atoms with Gasteiger partial charge in [-0.3, -0.25) is 0 Å².